The molecule has 0 unspecified atom stereocenters. The zero-order chi connectivity index (χ0) is 41.6. The molecule has 59 heavy (non-hydrogen) atoms. The molecule has 3 fully saturated rings. The van der Waals surface area contributed by atoms with Crippen molar-refractivity contribution < 1.29 is 37.0 Å². The van der Waals surface area contributed by atoms with Crippen molar-refractivity contribution in [2.45, 2.75) is 62.9 Å². The van der Waals surface area contributed by atoms with Crippen LogP contribution in [0.5, 0.6) is 0 Å². The van der Waals surface area contributed by atoms with Crippen molar-refractivity contribution in [2.75, 3.05) is 59.8 Å². The molecule has 3 aromatic carbocycles. The maximum atomic E-state index is 15.4. The number of ether oxygens (including phenoxy) is 1. The Morgan fingerprint density at radius 2 is 1.81 bits per heavy atom. The Balaban J connectivity index is 1.10. The summed E-state index contributed by atoms with van der Waals surface area (Å²) in [7, 11) is 1.51. The Morgan fingerprint density at radius 3 is 2.53 bits per heavy atom. The predicted molar refractivity (Wildman–Crippen MR) is 216 cm³/mol. The Kier molecular flexibility index (Phi) is 11.1. The van der Waals surface area contributed by atoms with Gasteiger partial charge in [0.1, 0.15) is 11.9 Å². The van der Waals surface area contributed by atoms with E-state index in [0.717, 1.165) is 24.5 Å². The first-order valence-corrected chi connectivity index (χ1v) is 19.8. The standard InChI is InChI=1S/C43H45F4N7O5/c1-3-38(56)49-33-21-28(9-10-36(33)53-16-15-52(23-37(53)43(45,46)47)29-12-17-59-18-13-29)48-40-42(58)51(2)22-34(50-40)30-5-4-6-35(31(30)24-55)54-14-11-26-19-27(25-7-8-25)20-32(44)39(26)41(54)57/h3-6,9-10,19-22,25,29,37,55H,1,7-8,11-18,23-24H2,2H3,(H,48,50)(H,49,56)/t37-/m1/s1. The summed E-state index contributed by atoms with van der Waals surface area (Å²) in [6.45, 7) is 4.44. The molecule has 16 heteroatoms. The lowest BCUT2D eigenvalue weighted by Gasteiger charge is -2.47. The van der Waals surface area contributed by atoms with Crippen LogP contribution in [0.4, 0.5) is 46.1 Å². The number of nitrogens with zero attached hydrogens (tertiary/aromatic N) is 5. The second-order valence-electron chi connectivity index (χ2n) is 15.5. The quantitative estimate of drug-likeness (QED) is 0.126. The number of carbonyl (C=O) groups is 2. The summed E-state index contributed by atoms with van der Waals surface area (Å²) >= 11 is 0. The molecule has 3 N–H and O–H groups in total. The molecule has 1 atom stereocenters. The fourth-order valence-electron chi connectivity index (χ4n) is 8.56. The van der Waals surface area contributed by atoms with Gasteiger partial charge in [-0.2, -0.15) is 13.2 Å². The lowest BCUT2D eigenvalue weighted by atomic mass is 9.93. The summed E-state index contributed by atoms with van der Waals surface area (Å²) in [4.78, 5) is 49.1. The second-order valence-corrected chi connectivity index (χ2v) is 15.5. The number of rotatable bonds is 10. The normalized spacial score (nSPS) is 19.1. The molecule has 8 rings (SSSR count). The van der Waals surface area contributed by atoms with Crippen LogP contribution in [-0.4, -0.2) is 89.0 Å². The van der Waals surface area contributed by atoms with Crippen LogP contribution in [-0.2, 0) is 29.6 Å². The zero-order valence-electron chi connectivity index (χ0n) is 32.5. The number of aryl methyl sites for hydroxylation is 1. The molecule has 4 aliphatic rings. The van der Waals surface area contributed by atoms with Gasteiger partial charge in [0.25, 0.3) is 11.5 Å². The van der Waals surface area contributed by atoms with Crippen molar-refractivity contribution in [2.24, 2.45) is 7.05 Å². The molecule has 4 heterocycles. The maximum absolute atomic E-state index is 15.4. The van der Waals surface area contributed by atoms with Crippen molar-refractivity contribution >= 4 is 40.4 Å². The Morgan fingerprint density at radius 1 is 1.03 bits per heavy atom. The highest BCUT2D eigenvalue weighted by Crippen LogP contribution is 2.43. The minimum atomic E-state index is -4.58. The van der Waals surface area contributed by atoms with E-state index in [-0.39, 0.29) is 59.8 Å². The summed E-state index contributed by atoms with van der Waals surface area (Å²) in [6.07, 6.45) is 1.66. The third kappa shape index (κ3) is 8.08. The lowest BCUT2D eigenvalue weighted by Crippen LogP contribution is -2.61. The summed E-state index contributed by atoms with van der Waals surface area (Å²) in [5, 5.41) is 16.3. The van der Waals surface area contributed by atoms with Gasteiger partial charge in [-0.15, -0.1) is 0 Å². The third-order valence-electron chi connectivity index (χ3n) is 11.8. The number of aliphatic hydroxyl groups is 1. The first-order valence-electron chi connectivity index (χ1n) is 19.8. The van der Waals surface area contributed by atoms with Crippen molar-refractivity contribution in [3.8, 4) is 11.3 Å². The summed E-state index contributed by atoms with van der Waals surface area (Å²) in [5.74, 6) is -1.54. The zero-order valence-corrected chi connectivity index (χ0v) is 32.5. The highest BCUT2D eigenvalue weighted by molar-refractivity contribution is 6.09. The number of piperazine rings is 1. The van der Waals surface area contributed by atoms with Crippen LogP contribution in [0.15, 0.2) is 72.2 Å². The van der Waals surface area contributed by atoms with Crippen molar-refractivity contribution in [3.05, 3.63) is 106 Å². The fraction of sp³-hybridized carbons (Fsp3) is 0.395. The molecule has 1 aliphatic carbocycles. The van der Waals surface area contributed by atoms with E-state index in [0.29, 0.717) is 67.3 Å². The number of aliphatic hydroxyl groups excluding tert-OH is 1. The highest BCUT2D eigenvalue weighted by Gasteiger charge is 2.48. The molecule has 1 aromatic heterocycles. The number of benzene rings is 3. The first kappa shape index (κ1) is 40.2. The number of fused-ring (bicyclic) bond motifs is 1. The van der Waals surface area contributed by atoms with E-state index in [1.165, 1.54) is 51.9 Å². The van der Waals surface area contributed by atoms with E-state index < -0.39 is 42.0 Å². The van der Waals surface area contributed by atoms with Crippen LogP contribution in [0, 0.1) is 5.82 Å². The third-order valence-corrected chi connectivity index (χ3v) is 11.8. The van der Waals surface area contributed by atoms with E-state index in [4.69, 9.17) is 4.74 Å². The topological polar surface area (TPSA) is 132 Å². The Bertz CT molecular complexity index is 2360. The molecule has 310 valence electrons. The molecule has 12 nitrogen and oxygen atoms in total. The molecule has 4 aromatic rings. The number of carbonyl (C=O) groups excluding carboxylic acids is 2. The monoisotopic (exact) mass is 815 g/mol. The SMILES string of the molecule is C=CC(=O)Nc1cc(Nc2nc(-c3cccc(N4CCc5cc(C6CC6)cc(F)c5C4=O)c3CO)cn(C)c2=O)ccc1N1CCN(C2CCOCC2)C[C@@H]1C(F)(F)F. The average molecular weight is 816 g/mol. The summed E-state index contributed by atoms with van der Waals surface area (Å²) in [6, 6.07) is 11.0. The predicted octanol–water partition coefficient (Wildman–Crippen LogP) is 6.26. The van der Waals surface area contributed by atoms with Gasteiger partial charge < -0.3 is 34.8 Å². The van der Waals surface area contributed by atoms with E-state index in [9.17, 15) is 32.7 Å². The first-order chi connectivity index (χ1) is 28.3. The maximum Gasteiger partial charge on any atom is 0.409 e. The summed E-state index contributed by atoms with van der Waals surface area (Å²) in [5.41, 5.74) is 2.92. The second kappa shape index (κ2) is 16.2. The smallest absolute Gasteiger partial charge is 0.392 e. The van der Waals surface area contributed by atoms with Crippen LogP contribution < -0.4 is 26.0 Å². The van der Waals surface area contributed by atoms with E-state index in [2.05, 4.69) is 22.2 Å². The van der Waals surface area contributed by atoms with E-state index >= 15 is 4.39 Å². The average Bonchev–Trinajstić information content (AvgIpc) is 4.08. The van der Waals surface area contributed by atoms with Crippen molar-refractivity contribution in [1.29, 1.82) is 0 Å². The highest BCUT2D eigenvalue weighted by atomic mass is 19.4. The number of halogens is 4. The van der Waals surface area contributed by atoms with Crippen LogP contribution >= 0.6 is 0 Å². The molecular formula is C43H45F4N7O5. The Hall–Kier alpha value is -5.58. The Labute approximate surface area is 338 Å². The number of anilines is 5. The molecule has 0 bridgehead atoms. The van der Waals surface area contributed by atoms with Crippen LogP contribution in [0.25, 0.3) is 11.3 Å². The van der Waals surface area contributed by atoms with Gasteiger partial charge in [-0.1, -0.05) is 24.8 Å². The number of nitrogens with one attached hydrogen (secondary N) is 2. The lowest BCUT2D eigenvalue weighted by molar-refractivity contribution is -0.159. The van der Waals surface area contributed by atoms with E-state index in [1.807, 2.05) is 11.0 Å². The van der Waals surface area contributed by atoms with Gasteiger partial charge in [0.2, 0.25) is 5.91 Å². The van der Waals surface area contributed by atoms with Crippen molar-refractivity contribution in [1.82, 2.24) is 14.5 Å². The molecule has 2 amide bonds. The van der Waals surface area contributed by atoms with E-state index in [1.54, 1.807) is 18.2 Å². The molecule has 0 spiro atoms. The van der Waals surface area contributed by atoms with Gasteiger partial charge in [0.15, 0.2) is 5.82 Å². The molecule has 3 aliphatic heterocycles. The largest absolute Gasteiger partial charge is 0.409 e. The van der Waals surface area contributed by atoms with Crippen molar-refractivity contribution in [3.63, 3.8) is 0 Å². The minimum absolute atomic E-state index is 0.0153. The number of hydrogen-bond donors (Lipinski definition) is 3. The molecule has 0 radical (unpaired) electrons. The minimum Gasteiger partial charge on any atom is -0.392 e. The number of hydrogen-bond acceptors (Lipinski definition) is 9. The van der Waals surface area contributed by atoms with Crippen LogP contribution in [0.2, 0.25) is 0 Å². The number of aromatic nitrogens is 2. The molecule has 1 saturated carbocycles. The summed E-state index contributed by atoms with van der Waals surface area (Å²) < 4.78 is 66.3. The van der Waals surface area contributed by atoms with Crippen LogP contribution in [0.3, 0.4) is 0 Å². The van der Waals surface area contributed by atoms with Gasteiger partial charge in [0, 0.05) is 75.5 Å². The van der Waals surface area contributed by atoms with Gasteiger partial charge in [-0.05, 0) is 85.6 Å². The van der Waals surface area contributed by atoms with Gasteiger partial charge in [-0.25, -0.2) is 9.37 Å². The fourth-order valence-corrected chi connectivity index (χ4v) is 8.56. The van der Waals surface area contributed by atoms with Gasteiger partial charge >= 0.3 is 6.18 Å². The number of amides is 2. The number of alkyl halides is 3. The van der Waals surface area contributed by atoms with Crippen LogP contribution in [0.1, 0.15) is 58.6 Å². The van der Waals surface area contributed by atoms with Gasteiger partial charge in [-0.3, -0.25) is 19.3 Å². The molecule has 2 saturated heterocycles. The van der Waals surface area contributed by atoms with Gasteiger partial charge in [0.05, 0.1) is 34.9 Å². The molecular weight excluding hydrogens is 771 g/mol.